The third-order valence-corrected chi connectivity index (χ3v) is 2.19. The van der Waals surface area contributed by atoms with Gasteiger partial charge in [0, 0.05) is 7.05 Å². The van der Waals surface area contributed by atoms with Crippen LogP contribution in [0.4, 0.5) is 10.1 Å². The van der Waals surface area contributed by atoms with E-state index in [0.29, 0.717) is 17.8 Å². The molecular formula is C12H14FNO. The minimum Gasteiger partial charge on any atom is -0.389 e. The van der Waals surface area contributed by atoms with Crippen LogP contribution in [-0.4, -0.2) is 18.7 Å². The molecule has 0 bridgehead atoms. The van der Waals surface area contributed by atoms with Gasteiger partial charge in [0.2, 0.25) is 0 Å². The first-order chi connectivity index (χ1) is 7.06. The lowest BCUT2D eigenvalue weighted by Crippen LogP contribution is -2.18. The van der Waals surface area contributed by atoms with Gasteiger partial charge in [-0.2, -0.15) is 0 Å². The van der Waals surface area contributed by atoms with Gasteiger partial charge in [-0.15, -0.1) is 6.42 Å². The third kappa shape index (κ3) is 2.71. The van der Waals surface area contributed by atoms with E-state index in [1.807, 2.05) is 0 Å². The molecule has 0 unspecified atom stereocenters. The van der Waals surface area contributed by atoms with E-state index >= 15 is 0 Å². The number of nitrogens with zero attached hydrogens (tertiary/aromatic N) is 1. The molecule has 0 spiro atoms. The average Bonchev–Trinajstić information content (AvgIpc) is 2.17. The molecule has 0 fully saturated rings. The van der Waals surface area contributed by atoms with E-state index in [1.165, 1.54) is 6.07 Å². The number of hydrogen-bond acceptors (Lipinski definition) is 2. The summed E-state index contributed by atoms with van der Waals surface area (Å²) < 4.78 is 13.6. The van der Waals surface area contributed by atoms with E-state index < -0.39 is 6.10 Å². The Morgan fingerprint density at radius 2 is 2.27 bits per heavy atom. The fourth-order valence-electron chi connectivity index (χ4n) is 1.31. The Labute approximate surface area is 89.3 Å². The molecular weight excluding hydrogens is 193 g/mol. The van der Waals surface area contributed by atoms with Gasteiger partial charge >= 0.3 is 0 Å². The molecule has 0 aliphatic carbocycles. The second-order valence-electron chi connectivity index (χ2n) is 3.45. The number of benzene rings is 1. The average molecular weight is 207 g/mol. The molecule has 15 heavy (non-hydrogen) atoms. The molecule has 0 aromatic heterocycles. The van der Waals surface area contributed by atoms with E-state index in [-0.39, 0.29) is 5.82 Å². The molecule has 0 saturated carbocycles. The summed E-state index contributed by atoms with van der Waals surface area (Å²) >= 11 is 0. The molecule has 0 aliphatic heterocycles. The van der Waals surface area contributed by atoms with Crippen molar-refractivity contribution >= 4 is 5.69 Å². The van der Waals surface area contributed by atoms with Crippen LogP contribution in [0.2, 0.25) is 0 Å². The summed E-state index contributed by atoms with van der Waals surface area (Å²) in [7, 11) is 1.72. The third-order valence-electron chi connectivity index (χ3n) is 2.19. The van der Waals surface area contributed by atoms with Gasteiger partial charge < -0.3 is 10.0 Å². The van der Waals surface area contributed by atoms with Crippen LogP contribution in [0.3, 0.4) is 0 Å². The zero-order valence-electron chi connectivity index (χ0n) is 8.87. The smallest absolute Gasteiger partial charge is 0.146 e. The molecule has 0 radical (unpaired) electrons. The Bertz CT molecular complexity index is 382. The Balaban J connectivity index is 2.98. The predicted octanol–water partition coefficient (Wildman–Crippen LogP) is 1.95. The lowest BCUT2D eigenvalue weighted by Gasteiger charge is -2.17. The van der Waals surface area contributed by atoms with E-state index in [4.69, 9.17) is 6.42 Å². The standard InChI is InChI=1S/C12H14FNO/c1-4-7-14(3)12-6-5-10(9(2)15)8-11(12)13/h1,5-6,8-9,15H,7H2,2-3H3/t9-/m1/s1. The van der Waals surface area contributed by atoms with Gasteiger partial charge in [0.15, 0.2) is 0 Å². The molecule has 0 saturated heterocycles. The van der Waals surface area contributed by atoms with Crippen molar-refractivity contribution in [2.75, 3.05) is 18.5 Å². The van der Waals surface area contributed by atoms with Gasteiger partial charge in [-0.3, -0.25) is 0 Å². The summed E-state index contributed by atoms with van der Waals surface area (Å²) in [5, 5.41) is 9.27. The van der Waals surface area contributed by atoms with Gasteiger partial charge in [0.25, 0.3) is 0 Å². The molecule has 1 aromatic carbocycles. The Hall–Kier alpha value is -1.53. The summed E-state index contributed by atoms with van der Waals surface area (Å²) in [6.07, 6.45) is 4.48. The van der Waals surface area contributed by atoms with Gasteiger partial charge in [-0.1, -0.05) is 12.0 Å². The summed E-state index contributed by atoms with van der Waals surface area (Å²) in [5.41, 5.74) is 1.00. The highest BCUT2D eigenvalue weighted by Crippen LogP contribution is 2.22. The van der Waals surface area contributed by atoms with E-state index in [9.17, 15) is 9.50 Å². The molecule has 0 heterocycles. The highest BCUT2D eigenvalue weighted by Gasteiger charge is 2.09. The van der Waals surface area contributed by atoms with Gasteiger partial charge in [0.1, 0.15) is 5.82 Å². The number of rotatable bonds is 3. The van der Waals surface area contributed by atoms with Crippen LogP contribution < -0.4 is 4.90 Å². The number of hydrogen-bond donors (Lipinski definition) is 1. The summed E-state index contributed by atoms with van der Waals surface area (Å²) in [4.78, 5) is 1.64. The number of anilines is 1. The fraction of sp³-hybridized carbons (Fsp3) is 0.333. The Morgan fingerprint density at radius 1 is 1.60 bits per heavy atom. The van der Waals surface area contributed by atoms with Crippen LogP contribution in [0.1, 0.15) is 18.6 Å². The normalized spacial score (nSPS) is 11.9. The van der Waals surface area contributed by atoms with Crippen molar-refractivity contribution in [3.63, 3.8) is 0 Å². The molecule has 0 aliphatic rings. The summed E-state index contributed by atoms with van der Waals surface area (Å²) in [6, 6.07) is 4.64. The maximum atomic E-state index is 13.6. The molecule has 3 heteroatoms. The van der Waals surface area contributed by atoms with E-state index in [2.05, 4.69) is 5.92 Å². The molecule has 1 aromatic rings. The number of aliphatic hydroxyl groups excluding tert-OH is 1. The zero-order chi connectivity index (χ0) is 11.4. The van der Waals surface area contributed by atoms with Gasteiger partial charge in [-0.05, 0) is 24.6 Å². The van der Waals surface area contributed by atoms with Crippen LogP contribution in [0.15, 0.2) is 18.2 Å². The molecule has 1 N–H and O–H groups in total. The van der Waals surface area contributed by atoms with Gasteiger partial charge in [0.05, 0.1) is 18.3 Å². The predicted molar refractivity (Wildman–Crippen MR) is 59.1 cm³/mol. The summed E-state index contributed by atoms with van der Waals surface area (Å²) in [6.45, 7) is 1.95. The monoisotopic (exact) mass is 207 g/mol. The Morgan fingerprint density at radius 3 is 2.73 bits per heavy atom. The highest BCUT2D eigenvalue weighted by molar-refractivity contribution is 5.49. The first-order valence-electron chi connectivity index (χ1n) is 4.68. The second kappa shape index (κ2) is 4.81. The van der Waals surface area contributed by atoms with Crippen molar-refractivity contribution < 1.29 is 9.50 Å². The van der Waals surface area contributed by atoms with Crippen molar-refractivity contribution in [2.45, 2.75) is 13.0 Å². The molecule has 80 valence electrons. The van der Waals surface area contributed by atoms with Crippen molar-refractivity contribution in [2.24, 2.45) is 0 Å². The fourth-order valence-corrected chi connectivity index (χ4v) is 1.31. The van der Waals surface area contributed by atoms with E-state index in [1.54, 1.807) is 31.0 Å². The van der Waals surface area contributed by atoms with Crippen LogP contribution in [-0.2, 0) is 0 Å². The number of aliphatic hydroxyl groups is 1. The second-order valence-corrected chi connectivity index (χ2v) is 3.45. The van der Waals surface area contributed by atoms with Crippen LogP contribution >= 0.6 is 0 Å². The molecule has 2 nitrogen and oxygen atoms in total. The number of halogens is 1. The van der Waals surface area contributed by atoms with Crippen molar-refractivity contribution in [1.82, 2.24) is 0 Å². The quantitative estimate of drug-likeness (QED) is 0.766. The molecule has 0 amide bonds. The van der Waals surface area contributed by atoms with E-state index in [0.717, 1.165) is 0 Å². The van der Waals surface area contributed by atoms with Crippen molar-refractivity contribution in [1.29, 1.82) is 0 Å². The lowest BCUT2D eigenvalue weighted by molar-refractivity contribution is 0.199. The topological polar surface area (TPSA) is 23.5 Å². The number of terminal acetylenes is 1. The zero-order valence-corrected chi connectivity index (χ0v) is 8.87. The highest BCUT2D eigenvalue weighted by atomic mass is 19.1. The first kappa shape index (κ1) is 11.5. The van der Waals surface area contributed by atoms with Crippen LogP contribution in [0.5, 0.6) is 0 Å². The largest absolute Gasteiger partial charge is 0.389 e. The van der Waals surface area contributed by atoms with Crippen LogP contribution in [0, 0.1) is 18.2 Å². The van der Waals surface area contributed by atoms with Crippen molar-refractivity contribution in [3.05, 3.63) is 29.6 Å². The SMILES string of the molecule is C#CCN(C)c1ccc([C@@H](C)O)cc1F. The molecule has 1 atom stereocenters. The lowest BCUT2D eigenvalue weighted by atomic mass is 10.1. The molecule has 1 rings (SSSR count). The Kier molecular flexibility index (Phi) is 3.70. The maximum Gasteiger partial charge on any atom is 0.146 e. The first-order valence-corrected chi connectivity index (χ1v) is 4.68. The maximum absolute atomic E-state index is 13.6. The van der Waals surface area contributed by atoms with Gasteiger partial charge in [-0.25, -0.2) is 4.39 Å². The minimum atomic E-state index is -0.661. The van der Waals surface area contributed by atoms with Crippen LogP contribution in [0.25, 0.3) is 0 Å². The van der Waals surface area contributed by atoms with Crippen molar-refractivity contribution in [3.8, 4) is 12.3 Å². The minimum absolute atomic E-state index is 0.352. The summed E-state index contributed by atoms with van der Waals surface area (Å²) in [5.74, 6) is 2.07.